The zero-order valence-electron chi connectivity index (χ0n) is 17.2. The van der Waals surface area contributed by atoms with Crippen molar-refractivity contribution < 1.29 is 47.3 Å². The van der Waals surface area contributed by atoms with E-state index in [-0.39, 0.29) is 43.1 Å². The fourth-order valence-electron chi connectivity index (χ4n) is 3.29. The van der Waals surface area contributed by atoms with Crippen molar-refractivity contribution in [3.8, 4) is 0 Å². The van der Waals surface area contributed by atoms with E-state index in [1.54, 1.807) is 9.80 Å². The van der Waals surface area contributed by atoms with Crippen molar-refractivity contribution in [3.05, 3.63) is 47.3 Å². The molecule has 2 heterocycles. The highest BCUT2D eigenvalue weighted by atomic mass is 19.2. The van der Waals surface area contributed by atoms with Gasteiger partial charge in [0.15, 0.2) is 11.6 Å². The number of hydrogen-bond donors (Lipinski definition) is 3. The standard InChI is InChI=1S/C16H18F3N3O3.C4H4O4/c17-12-6-14(19)13(18)4-9(12)3-10(20)5-15(23)21-1-2-22-11(7-21)8-25-16(22)24;5-3(6)1-2-4(7)8/h4,6,10-11H,1-3,5,7-8,20H2;1-2H,(H,5,6)(H,7,8)/b;2-1+/t10-,11?;/m1./s1. The number of hydrogen-bond acceptors (Lipinski definition) is 6. The van der Waals surface area contributed by atoms with E-state index in [1.165, 1.54) is 0 Å². The van der Waals surface area contributed by atoms with E-state index < -0.39 is 35.4 Å². The predicted octanol–water partition coefficient (Wildman–Crippen LogP) is 0.739. The molecule has 2 aliphatic rings. The van der Waals surface area contributed by atoms with Crippen molar-refractivity contribution in [1.29, 1.82) is 0 Å². The minimum atomic E-state index is -1.27. The Morgan fingerprint density at radius 2 is 1.70 bits per heavy atom. The summed E-state index contributed by atoms with van der Waals surface area (Å²) in [6.07, 6.45) is 0.604. The summed E-state index contributed by atoms with van der Waals surface area (Å²) in [5.41, 5.74) is 5.81. The van der Waals surface area contributed by atoms with Crippen molar-refractivity contribution in [1.82, 2.24) is 9.80 Å². The molecule has 0 saturated carbocycles. The van der Waals surface area contributed by atoms with Crippen LogP contribution in [0.2, 0.25) is 0 Å². The quantitative estimate of drug-likeness (QED) is 0.404. The van der Waals surface area contributed by atoms with Gasteiger partial charge in [-0.25, -0.2) is 27.6 Å². The summed E-state index contributed by atoms with van der Waals surface area (Å²) in [5.74, 6) is -6.06. The van der Waals surface area contributed by atoms with E-state index in [1.807, 2.05) is 0 Å². The normalized spacial score (nSPS) is 18.3. The molecule has 0 bridgehead atoms. The molecule has 10 nitrogen and oxygen atoms in total. The Balaban J connectivity index is 0.000000414. The number of carbonyl (C=O) groups is 4. The third-order valence-corrected chi connectivity index (χ3v) is 4.85. The number of amides is 2. The first-order valence-electron chi connectivity index (χ1n) is 9.72. The first-order chi connectivity index (χ1) is 15.5. The average Bonchev–Trinajstić information content (AvgIpc) is 3.11. The van der Waals surface area contributed by atoms with Gasteiger partial charge in [-0.15, -0.1) is 0 Å². The van der Waals surface area contributed by atoms with Crippen LogP contribution < -0.4 is 5.73 Å². The molecule has 33 heavy (non-hydrogen) atoms. The van der Waals surface area contributed by atoms with Gasteiger partial charge in [0.1, 0.15) is 12.4 Å². The fourth-order valence-corrected chi connectivity index (χ4v) is 3.29. The molecular formula is C20H22F3N3O7. The maximum atomic E-state index is 13.7. The van der Waals surface area contributed by atoms with Crippen LogP contribution >= 0.6 is 0 Å². The lowest BCUT2D eigenvalue weighted by atomic mass is 10.0. The minimum Gasteiger partial charge on any atom is -0.478 e. The second-order valence-electron chi connectivity index (χ2n) is 7.30. The van der Waals surface area contributed by atoms with Crippen molar-refractivity contribution in [2.75, 3.05) is 26.2 Å². The van der Waals surface area contributed by atoms with E-state index in [0.717, 1.165) is 6.07 Å². The van der Waals surface area contributed by atoms with Gasteiger partial charge in [0, 0.05) is 50.3 Å². The highest BCUT2D eigenvalue weighted by molar-refractivity contribution is 5.89. The number of piperazine rings is 1. The summed E-state index contributed by atoms with van der Waals surface area (Å²) in [6.45, 7) is 1.37. The Hall–Kier alpha value is -3.61. The third-order valence-electron chi connectivity index (χ3n) is 4.85. The lowest BCUT2D eigenvalue weighted by Crippen LogP contribution is -2.54. The van der Waals surface area contributed by atoms with Gasteiger partial charge >= 0.3 is 18.0 Å². The maximum absolute atomic E-state index is 13.7. The molecule has 0 aliphatic carbocycles. The first kappa shape index (κ1) is 25.6. The van der Waals surface area contributed by atoms with Crippen LogP contribution in [-0.4, -0.2) is 82.3 Å². The number of nitrogens with zero attached hydrogens (tertiary/aromatic N) is 2. The number of fused-ring (bicyclic) bond motifs is 1. The fraction of sp³-hybridized carbons (Fsp3) is 0.400. The van der Waals surface area contributed by atoms with Gasteiger partial charge in [-0.05, 0) is 18.1 Å². The summed E-state index contributed by atoms with van der Waals surface area (Å²) in [4.78, 5) is 46.1. The Kier molecular flexibility index (Phi) is 8.79. The van der Waals surface area contributed by atoms with Gasteiger partial charge in [-0.2, -0.15) is 0 Å². The maximum Gasteiger partial charge on any atom is 0.410 e. The van der Waals surface area contributed by atoms with Crippen LogP contribution in [0.25, 0.3) is 0 Å². The van der Waals surface area contributed by atoms with Gasteiger partial charge in [0.05, 0.1) is 6.04 Å². The SMILES string of the molecule is N[C@@H](CC(=O)N1CCN2C(=O)OCC2C1)Cc1cc(F)c(F)cc1F.O=C(O)/C=C/C(=O)O. The van der Waals surface area contributed by atoms with Crippen LogP contribution in [-0.2, 0) is 25.5 Å². The second kappa shape index (κ2) is 11.3. The molecule has 4 N–H and O–H groups in total. The summed E-state index contributed by atoms with van der Waals surface area (Å²) in [6, 6.07) is 0.335. The molecule has 1 aromatic rings. The van der Waals surface area contributed by atoms with Crippen LogP contribution in [0, 0.1) is 17.5 Å². The molecule has 2 aliphatic heterocycles. The number of carboxylic acid groups (broad SMARTS) is 2. The number of ether oxygens (including phenoxy) is 1. The van der Waals surface area contributed by atoms with Gasteiger partial charge in [0.2, 0.25) is 5.91 Å². The van der Waals surface area contributed by atoms with Gasteiger partial charge in [0.25, 0.3) is 0 Å². The Bertz CT molecular complexity index is 941. The molecule has 2 saturated heterocycles. The van der Waals surface area contributed by atoms with E-state index in [2.05, 4.69) is 0 Å². The van der Waals surface area contributed by atoms with Crippen LogP contribution in [0.5, 0.6) is 0 Å². The van der Waals surface area contributed by atoms with Crippen LogP contribution in [0.4, 0.5) is 18.0 Å². The number of carboxylic acids is 2. The van der Waals surface area contributed by atoms with Gasteiger partial charge in [-0.3, -0.25) is 9.69 Å². The number of rotatable bonds is 6. The van der Waals surface area contributed by atoms with E-state index in [4.69, 9.17) is 20.7 Å². The average molecular weight is 473 g/mol. The molecule has 1 unspecified atom stereocenters. The van der Waals surface area contributed by atoms with E-state index in [0.29, 0.717) is 37.9 Å². The molecule has 0 aromatic heterocycles. The Labute approximate surface area is 186 Å². The number of nitrogens with two attached hydrogens (primary N) is 1. The smallest absolute Gasteiger partial charge is 0.410 e. The van der Waals surface area contributed by atoms with Crippen molar-refractivity contribution in [3.63, 3.8) is 0 Å². The molecule has 0 radical (unpaired) electrons. The molecule has 2 amide bonds. The lowest BCUT2D eigenvalue weighted by molar-refractivity contribution is -0.134. The lowest BCUT2D eigenvalue weighted by Gasteiger charge is -2.35. The van der Waals surface area contributed by atoms with Crippen molar-refractivity contribution >= 4 is 23.9 Å². The summed E-state index contributed by atoms with van der Waals surface area (Å²) in [5, 5.41) is 15.6. The van der Waals surface area contributed by atoms with Crippen LogP contribution in [0.15, 0.2) is 24.3 Å². The van der Waals surface area contributed by atoms with Gasteiger partial charge in [-0.1, -0.05) is 0 Å². The highest BCUT2D eigenvalue weighted by Crippen LogP contribution is 2.19. The molecule has 2 fully saturated rings. The molecule has 180 valence electrons. The van der Waals surface area contributed by atoms with Crippen molar-refractivity contribution in [2.45, 2.75) is 24.9 Å². The monoisotopic (exact) mass is 473 g/mol. The molecular weight excluding hydrogens is 451 g/mol. The molecule has 0 spiro atoms. The minimum absolute atomic E-state index is 0.0556. The number of cyclic esters (lactones) is 1. The summed E-state index contributed by atoms with van der Waals surface area (Å²) >= 11 is 0. The largest absolute Gasteiger partial charge is 0.478 e. The van der Waals surface area contributed by atoms with Crippen molar-refractivity contribution in [2.24, 2.45) is 5.73 Å². The highest BCUT2D eigenvalue weighted by Gasteiger charge is 2.38. The number of halogens is 3. The van der Waals surface area contributed by atoms with Crippen LogP contribution in [0.3, 0.4) is 0 Å². The topological polar surface area (TPSA) is 150 Å². The molecule has 13 heteroatoms. The van der Waals surface area contributed by atoms with E-state index >= 15 is 0 Å². The number of benzene rings is 1. The molecule has 1 aromatic carbocycles. The zero-order chi connectivity index (χ0) is 24.7. The third kappa shape index (κ3) is 7.49. The Morgan fingerprint density at radius 1 is 1.09 bits per heavy atom. The van der Waals surface area contributed by atoms with E-state index in [9.17, 15) is 32.3 Å². The number of carbonyl (C=O) groups excluding carboxylic acids is 2. The summed E-state index contributed by atoms with van der Waals surface area (Å²) in [7, 11) is 0. The Morgan fingerprint density at radius 3 is 2.30 bits per heavy atom. The molecule has 2 atom stereocenters. The van der Waals surface area contributed by atoms with Gasteiger partial charge < -0.3 is 25.6 Å². The second-order valence-corrected chi connectivity index (χ2v) is 7.30. The molecule has 3 rings (SSSR count). The first-order valence-corrected chi connectivity index (χ1v) is 9.72. The number of aliphatic carboxylic acids is 2. The summed E-state index contributed by atoms with van der Waals surface area (Å²) < 4.78 is 44.8. The zero-order valence-corrected chi connectivity index (χ0v) is 17.2. The predicted molar refractivity (Wildman–Crippen MR) is 105 cm³/mol. The van der Waals surface area contributed by atoms with Crippen LogP contribution in [0.1, 0.15) is 12.0 Å².